The molecule has 1 fully saturated rings. The van der Waals surface area contributed by atoms with Crippen molar-refractivity contribution in [1.29, 1.82) is 0 Å². The van der Waals surface area contributed by atoms with E-state index in [0.717, 1.165) is 11.8 Å². The first-order valence-corrected chi connectivity index (χ1v) is 5.88. The zero-order valence-electron chi connectivity index (χ0n) is 9.69. The second kappa shape index (κ2) is 4.45. The second-order valence-electron chi connectivity index (χ2n) is 4.91. The summed E-state index contributed by atoms with van der Waals surface area (Å²) in [7, 11) is 0. The van der Waals surface area contributed by atoms with E-state index in [1.165, 1.54) is 32.2 Å². The molecule has 0 bridgehead atoms. The summed E-state index contributed by atoms with van der Waals surface area (Å²) in [6, 6.07) is 0. The molecule has 1 heteroatoms. The van der Waals surface area contributed by atoms with Gasteiger partial charge in [0.1, 0.15) is 0 Å². The fourth-order valence-electron chi connectivity index (χ4n) is 2.56. The van der Waals surface area contributed by atoms with Crippen LogP contribution in [0.5, 0.6) is 0 Å². The van der Waals surface area contributed by atoms with Crippen LogP contribution in [-0.2, 0) is 0 Å². The second-order valence-corrected chi connectivity index (χ2v) is 4.91. The summed E-state index contributed by atoms with van der Waals surface area (Å²) >= 11 is 0. The molecule has 0 aliphatic carbocycles. The third-order valence-corrected chi connectivity index (χ3v) is 3.96. The van der Waals surface area contributed by atoms with Crippen LogP contribution in [0.4, 0.5) is 0 Å². The van der Waals surface area contributed by atoms with Crippen LogP contribution in [0, 0.1) is 11.8 Å². The van der Waals surface area contributed by atoms with Crippen molar-refractivity contribution in [3.8, 4) is 0 Å². The lowest BCUT2D eigenvalue weighted by Gasteiger charge is -2.42. The van der Waals surface area contributed by atoms with Gasteiger partial charge < -0.3 is 5.32 Å². The highest BCUT2D eigenvalue weighted by Crippen LogP contribution is 2.33. The quantitative estimate of drug-likeness (QED) is 0.708. The molecule has 1 saturated heterocycles. The Morgan fingerprint density at radius 2 is 1.92 bits per heavy atom. The minimum Gasteiger partial charge on any atom is -0.311 e. The number of nitrogens with one attached hydrogen (secondary N) is 1. The topological polar surface area (TPSA) is 12.0 Å². The molecular formula is C12H25N. The molecule has 78 valence electrons. The summed E-state index contributed by atoms with van der Waals surface area (Å²) < 4.78 is 0. The molecule has 0 radical (unpaired) electrons. The third kappa shape index (κ3) is 2.46. The van der Waals surface area contributed by atoms with Crippen molar-refractivity contribution in [2.75, 3.05) is 6.54 Å². The Bertz CT molecular complexity index is 147. The molecule has 1 aliphatic heterocycles. The van der Waals surface area contributed by atoms with E-state index in [4.69, 9.17) is 0 Å². The number of hydrogen-bond donors (Lipinski definition) is 1. The van der Waals surface area contributed by atoms with Gasteiger partial charge in [0, 0.05) is 5.54 Å². The van der Waals surface area contributed by atoms with Gasteiger partial charge >= 0.3 is 0 Å². The normalized spacial score (nSPS) is 27.9. The monoisotopic (exact) mass is 183 g/mol. The van der Waals surface area contributed by atoms with E-state index < -0.39 is 0 Å². The SMILES string of the molecule is CCC1(CC)CC(C(C)C)CCN1. The predicted molar refractivity (Wildman–Crippen MR) is 58.9 cm³/mol. The maximum Gasteiger partial charge on any atom is 0.0179 e. The molecule has 1 heterocycles. The lowest BCUT2D eigenvalue weighted by molar-refractivity contribution is 0.151. The molecule has 1 unspecified atom stereocenters. The Morgan fingerprint density at radius 3 is 2.38 bits per heavy atom. The van der Waals surface area contributed by atoms with E-state index in [1.807, 2.05) is 0 Å². The van der Waals surface area contributed by atoms with Gasteiger partial charge in [-0.2, -0.15) is 0 Å². The van der Waals surface area contributed by atoms with Crippen LogP contribution in [0.2, 0.25) is 0 Å². The summed E-state index contributed by atoms with van der Waals surface area (Å²) in [6.07, 6.45) is 5.33. The summed E-state index contributed by atoms with van der Waals surface area (Å²) in [5, 5.41) is 3.72. The Balaban J connectivity index is 2.58. The highest BCUT2D eigenvalue weighted by atomic mass is 15.0. The molecule has 1 nitrogen and oxygen atoms in total. The van der Waals surface area contributed by atoms with Crippen molar-refractivity contribution in [1.82, 2.24) is 5.32 Å². The maximum atomic E-state index is 3.72. The highest BCUT2D eigenvalue weighted by molar-refractivity contribution is 4.92. The van der Waals surface area contributed by atoms with Gasteiger partial charge in [-0.25, -0.2) is 0 Å². The lowest BCUT2D eigenvalue weighted by atomic mass is 9.74. The van der Waals surface area contributed by atoms with E-state index in [0.29, 0.717) is 5.54 Å². The van der Waals surface area contributed by atoms with Crippen molar-refractivity contribution in [2.45, 2.75) is 58.9 Å². The third-order valence-electron chi connectivity index (χ3n) is 3.96. The van der Waals surface area contributed by atoms with E-state index in [9.17, 15) is 0 Å². The first-order valence-electron chi connectivity index (χ1n) is 5.88. The predicted octanol–water partition coefficient (Wildman–Crippen LogP) is 3.20. The Morgan fingerprint density at radius 1 is 1.31 bits per heavy atom. The van der Waals surface area contributed by atoms with Gasteiger partial charge in [0.05, 0.1) is 0 Å². The van der Waals surface area contributed by atoms with E-state index >= 15 is 0 Å². The van der Waals surface area contributed by atoms with Gasteiger partial charge in [0.2, 0.25) is 0 Å². The van der Waals surface area contributed by atoms with Crippen LogP contribution < -0.4 is 5.32 Å². The molecule has 0 spiro atoms. The van der Waals surface area contributed by atoms with Crippen LogP contribution >= 0.6 is 0 Å². The molecule has 1 N–H and O–H groups in total. The molecule has 0 saturated carbocycles. The van der Waals surface area contributed by atoms with Gasteiger partial charge in [0.25, 0.3) is 0 Å². The summed E-state index contributed by atoms with van der Waals surface area (Å²) in [6.45, 7) is 10.6. The number of piperidine rings is 1. The Kier molecular flexibility index (Phi) is 3.78. The fraction of sp³-hybridized carbons (Fsp3) is 1.00. The summed E-state index contributed by atoms with van der Waals surface area (Å²) in [5.41, 5.74) is 0.465. The van der Waals surface area contributed by atoms with Crippen LogP contribution in [0.25, 0.3) is 0 Å². The minimum absolute atomic E-state index is 0.465. The Hall–Kier alpha value is -0.0400. The summed E-state index contributed by atoms with van der Waals surface area (Å²) in [4.78, 5) is 0. The molecule has 1 aliphatic rings. The van der Waals surface area contributed by atoms with Gasteiger partial charge in [-0.05, 0) is 44.1 Å². The molecule has 0 aromatic carbocycles. The zero-order chi connectivity index (χ0) is 9.90. The lowest BCUT2D eigenvalue weighted by Crippen LogP contribution is -2.51. The molecule has 1 atom stereocenters. The molecule has 13 heavy (non-hydrogen) atoms. The van der Waals surface area contributed by atoms with Gasteiger partial charge in [0.15, 0.2) is 0 Å². The van der Waals surface area contributed by atoms with Gasteiger partial charge in [-0.3, -0.25) is 0 Å². The Labute approximate surface area is 83.3 Å². The average Bonchev–Trinajstić information content (AvgIpc) is 2.18. The van der Waals surface area contributed by atoms with E-state index in [-0.39, 0.29) is 0 Å². The standard InChI is InChI=1S/C12H25N/c1-5-12(6-2)9-11(10(3)4)7-8-13-12/h10-11,13H,5-9H2,1-4H3. The summed E-state index contributed by atoms with van der Waals surface area (Å²) in [5.74, 6) is 1.81. The van der Waals surface area contributed by atoms with Crippen LogP contribution in [-0.4, -0.2) is 12.1 Å². The van der Waals surface area contributed by atoms with Crippen molar-refractivity contribution in [3.05, 3.63) is 0 Å². The molecule has 0 amide bonds. The smallest absolute Gasteiger partial charge is 0.0179 e. The first-order chi connectivity index (χ1) is 6.13. The minimum atomic E-state index is 0.465. The number of hydrogen-bond acceptors (Lipinski definition) is 1. The highest BCUT2D eigenvalue weighted by Gasteiger charge is 2.33. The molecule has 1 rings (SSSR count). The van der Waals surface area contributed by atoms with Gasteiger partial charge in [-0.15, -0.1) is 0 Å². The molecule has 0 aromatic heterocycles. The van der Waals surface area contributed by atoms with Crippen molar-refractivity contribution in [3.63, 3.8) is 0 Å². The van der Waals surface area contributed by atoms with Crippen LogP contribution in [0.1, 0.15) is 53.4 Å². The fourth-order valence-corrected chi connectivity index (χ4v) is 2.56. The van der Waals surface area contributed by atoms with Gasteiger partial charge in [-0.1, -0.05) is 27.7 Å². The van der Waals surface area contributed by atoms with E-state index in [1.54, 1.807) is 0 Å². The zero-order valence-corrected chi connectivity index (χ0v) is 9.69. The van der Waals surface area contributed by atoms with Crippen LogP contribution in [0.15, 0.2) is 0 Å². The average molecular weight is 183 g/mol. The number of rotatable bonds is 3. The van der Waals surface area contributed by atoms with Crippen molar-refractivity contribution in [2.24, 2.45) is 11.8 Å². The largest absolute Gasteiger partial charge is 0.311 e. The molecular weight excluding hydrogens is 158 g/mol. The van der Waals surface area contributed by atoms with Crippen molar-refractivity contribution < 1.29 is 0 Å². The first kappa shape index (κ1) is 11.0. The van der Waals surface area contributed by atoms with E-state index in [2.05, 4.69) is 33.0 Å². The maximum absolute atomic E-state index is 3.72. The van der Waals surface area contributed by atoms with Crippen LogP contribution in [0.3, 0.4) is 0 Å². The molecule has 0 aromatic rings. The van der Waals surface area contributed by atoms with Crippen molar-refractivity contribution >= 4 is 0 Å².